The molecular weight excluding hydrogens is 330 g/mol. The maximum atomic E-state index is 13.5. The van der Waals surface area contributed by atoms with E-state index >= 15 is 0 Å². The van der Waals surface area contributed by atoms with Crippen molar-refractivity contribution in [1.82, 2.24) is 5.32 Å². The summed E-state index contributed by atoms with van der Waals surface area (Å²) < 4.78 is 31.8. The van der Waals surface area contributed by atoms with Crippen molar-refractivity contribution in [1.29, 1.82) is 0 Å². The number of halogens is 2. The van der Waals surface area contributed by atoms with Crippen molar-refractivity contribution in [3.63, 3.8) is 0 Å². The number of carbonyl (C=O) groups is 2. The lowest BCUT2D eigenvalue weighted by atomic mass is 9.84. The molecule has 136 valence electrons. The van der Waals surface area contributed by atoms with Crippen LogP contribution in [0.5, 0.6) is 0 Å². The van der Waals surface area contributed by atoms with Crippen LogP contribution in [0.3, 0.4) is 0 Å². The Kier molecular flexibility index (Phi) is 5.50. The van der Waals surface area contributed by atoms with Crippen LogP contribution in [0.2, 0.25) is 0 Å². The molecule has 1 aromatic carbocycles. The van der Waals surface area contributed by atoms with Crippen LogP contribution in [0.25, 0.3) is 0 Å². The minimum atomic E-state index is -2.59. The summed E-state index contributed by atoms with van der Waals surface area (Å²) in [6.45, 7) is 0.704. The Labute approximate surface area is 145 Å². The van der Waals surface area contributed by atoms with Crippen molar-refractivity contribution >= 4 is 17.7 Å². The molecular formula is C18H22F2N2O3. The van der Waals surface area contributed by atoms with E-state index in [4.69, 9.17) is 4.74 Å². The van der Waals surface area contributed by atoms with Crippen LogP contribution in [0.4, 0.5) is 19.3 Å². The Morgan fingerprint density at radius 3 is 2.64 bits per heavy atom. The Balaban J connectivity index is 1.72. The predicted molar refractivity (Wildman–Crippen MR) is 89.0 cm³/mol. The molecule has 5 nitrogen and oxygen atoms in total. The fourth-order valence-electron chi connectivity index (χ4n) is 3.56. The van der Waals surface area contributed by atoms with E-state index in [1.54, 1.807) is 18.2 Å². The topological polar surface area (TPSA) is 58.6 Å². The van der Waals surface area contributed by atoms with Crippen LogP contribution in [0.15, 0.2) is 24.3 Å². The Bertz CT molecular complexity index is 633. The van der Waals surface area contributed by atoms with Gasteiger partial charge >= 0.3 is 6.09 Å². The highest BCUT2D eigenvalue weighted by atomic mass is 19.3. The average Bonchev–Trinajstić information content (AvgIpc) is 3.06. The monoisotopic (exact) mass is 352 g/mol. The summed E-state index contributed by atoms with van der Waals surface area (Å²) in [4.78, 5) is 25.5. The number of nitrogens with zero attached hydrogens (tertiary/aromatic N) is 1. The van der Waals surface area contributed by atoms with Crippen molar-refractivity contribution in [3.05, 3.63) is 29.8 Å². The normalized spacial score (nSPS) is 19.8. The standard InChI is InChI=1S/C18H22F2N2O3/c19-16(20)15(12-5-2-1-3-6-12)21-17(23)13-7-4-8-14(11-13)22-9-10-25-18(22)24/h4,7-8,11-12,15-16H,1-3,5-6,9-10H2,(H,21,23). The summed E-state index contributed by atoms with van der Waals surface area (Å²) in [5, 5.41) is 2.51. The maximum absolute atomic E-state index is 13.5. The van der Waals surface area contributed by atoms with E-state index in [2.05, 4.69) is 5.32 Å². The molecule has 1 heterocycles. The van der Waals surface area contributed by atoms with Gasteiger partial charge in [0.1, 0.15) is 6.61 Å². The number of nitrogens with one attached hydrogen (secondary N) is 1. The molecule has 2 fully saturated rings. The number of cyclic esters (lactones) is 1. The van der Waals surface area contributed by atoms with Crippen molar-refractivity contribution in [2.75, 3.05) is 18.1 Å². The van der Waals surface area contributed by atoms with Crippen LogP contribution < -0.4 is 10.2 Å². The van der Waals surface area contributed by atoms with Gasteiger partial charge in [-0.2, -0.15) is 0 Å². The second kappa shape index (κ2) is 7.80. The fraction of sp³-hybridized carbons (Fsp3) is 0.556. The molecule has 1 aromatic rings. The van der Waals surface area contributed by atoms with Crippen molar-refractivity contribution in [2.45, 2.75) is 44.6 Å². The van der Waals surface area contributed by atoms with Crippen molar-refractivity contribution in [3.8, 4) is 0 Å². The number of carbonyl (C=O) groups excluding carboxylic acids is 2. The van der Waals surface area contributed by atoms with Crippen molar-refractivity contribution < 1.29 is 23.1 Å². The van der Waals surface area contributed by atoms with E-state index < -0.39 is 24.5 Å². The zero-order valence-corrected chi connectivity index (χ0v) is 13.9. The quantitative estimate of drug-likeness (QED) is 0.881. The van der Waals surface area contributed by atoms with E-state index in [1.807, 2.05) is 0 Å². The van der Waals surface area contributed by atoms with Gasteiger partial charge in [-0.3, -0.25) is 9.69 Å². The van der Waals surface area contributed by atoms with Gasteiger partial charge in [-0.05, 0) is 37.0 Å². The molecule has 2 amide bonds. The Morgan fingerprint density at radius 1 is 1.24 bits per heavy atom. The van der Waals surface area contributed by atoms with E-state index in [0.717, 1.165) is 32.1 Å². The van der Waals surface area contributed by atoms with Gasteiger partial charge in [0.05, 0.1) is 12.6 Å². The molecule has 1 aliphatic heterocycles. The second-order valence-electron chi connectivity index (χ2n) is 6.55. The van der Waals surface area contributed by atoms with E-state index in [9.17, 15) is 18.4 Å². The molecule has 0 radical (unpaired) electrons. The van der Waals surface area contributed by atoms with Crippen LogP contribution in [0, 0.1) is 5.92 Å². The number of hydrogen-bond donors (Lipinski definition) is 1. The molecule has 1 unspecified atom stereocenters. The second-order valence-corrected chi connectivity index (χ2v) is 6.55. The summed E-state index contributed by atoms with van der Waals surface area (Å²) in [7, 11) is 0. The van der Waals surface area contributed by atoms with E-state index in [1.165, 1.54) is 11.0 Å². The molecule has 1 atom stereocenters. The van der Waals surface area contributed by atoms with Gasteiger partial charge in [0.2, 0.25) is 0 Å². The number of ether oxygens (including phenoxy) is 1. The maximum Gasteiger partial charge on any atom is 0.414 e. The molecule has 1 saturated heterocycles. The number of rotatable bonds is 5. The minimum absolute atomic E-state index is 0.186. The Hall–Kier alpha value is -2.18. The third-order valence-electron chi connectivity index (χ3n) is 4.91. The first-order chi connectivity index (χ1) is 12.1. The van der Waals surface area contributed by atoms with Gasteiger partial charge in [0, 0.05) is 11.3 Å². The minimum Gasteiger partial charge on any atom is -0.447 e. The van der Waals surface area contributed by atoms with Crippen LogP contribution in [-0.2, 0) is 4.74 Å². The van der Waals surface area contributed by atoms with Crippen LogP contribution in [0.1, 0.15) is 42.5 Å². The van der Waals surface area contributed by atoms with Gasteiger partial charge in [-0.1, -0.05) is 25.3 Å². The lowest BCUT2D eigenvalue weighted by Crippen LogP contribution is -2.45. The first kappa shape index (κ1) is 17.6. The number of anilines is 1. The molecule has 0 bridgehead atoms. The molecule has 3 rings (SSSR count). The number of amides is 2. The molecule has 7 heteroatoms. The number of benzene rings is 1. The fourth-order valence-corrected chi connectivity index (χ4v) is 3.56. The molecule has 0 spiro atoms. The van der Waals surface area contributed by atoms with Crippen molar-refractivity contribution in [2.24, 2.45) is 5.92 Å². The third kappa shape index (κ3) is 4.08. The molecule has 2 aliphatic rings. The first-order valence-electron chi connectivity index (χ1n) is 8.69. The average molecular weight is 352 g/mol. The highest BCUT2D eigenvalue weighted by Crippen LogP contribution is 2.29. The number of hydrogen-bond acceptors (Lipinski definition) is 3. The van der Waals surface area contributed by atoms with Gasteiger partial charge < -0.3 is 10.1 Å². The third-order valence-corrected chi connectivity index (χ3v) is 4.91. The van der Waals surface area contributed by atoms with Gasteiger partial charge in [-0.25, -0.2) is 13.6 Å². The summed E-state index contributed by atoms with van der Waals surface area (Å²) in [5.41, 5.74) is 0.792. The van der Waals surface area contributed by atoms with Crippen LogP contribution >= 0.6 is 0 Å². The predicted octanol–water partition coefficient (Wildman–Crippen LogP) is 3.59. The Morgan fingerprint density at radius 2 is 2.00 bits per heavy atom. The molecule has 25 heavy (non-hydrogen) atoms. The highest BCUT2D eigenvalue weighted by molar-refractivity contribution is 5.97. The van der Waals surface area contributed by atoms with Gasteiger partial charge in [-0.15, -0.1) is 0 Å². The van der Waals surface area contributed by atoms with Gasteiger partial charge in [0.25, 0.3) is 12.3 Å². The number of alkyl halides is 2. The molecule has 1 N–H and O–H groups in total. The smallest absolute Gasteiger partial charge is 0.414 e. The van der Waals surface area contributed by atoms with E-state index in [-0.39, 0.29) is 11.5 Å². The zero-order valence-electron chi connectivity index (χ0n) is 13.9. The lowest BCUT2D eigenvalue weighted by Gasteiger charge is -2.30. The summed E-state index contributed by atoms with van der Waals surface area (Å²) >= 11 is 0. The zero-order chi connectivity index (χ0) is 17.8. The van der Waals surface area contributed by atoms with Gasteiger partial charge in [0.15, 0.2) is 0 Å². The summed E-state index contributed by atoms with van der Waals surface area (Å²) in [5.74, 6) is -0.722. The summed E-state index contributed by atoms with van der Waals surface area (Å²) in [6, 6.07) is 5.28. The van der Waals surface area contributed by atoms with E-state index in [0.29, 0.717) is 18.8 Å². The largest absolute Gasteiger partial charge is 0.447 e. The molecule has 1 saturated carbocycles. The first-order valence-corrected chi connectivity index (χ1v) is 8.69. The molecule has 0 aromatic heterocycles. The van der Waals surface area contributed by atoms with Crippen LogP contribution in [-0.4, -0.2) is 37.6 Å². The highest BCUT2D eigenvalue weighted by Gasteiger charge is 2.32. The summed E-state index contributed by atoms with van der Waals surface area (Å²) in [6.07, 6.45) is 1.29. The lowest BCUT2D eigenvalue weighted by molar-refractivity contribution is 0.0501. The molecule has 1 aliphatic carbocycles. The SMILES string of the molecule is O=C(NC(C(F)F)C1CCCCC1)c1cccc(N2CCOC2=O)c1.